The predicted octanol–water partition coefficient (Wildman–Crippen LogP) is 3.02. The van der Waals surface area contributed by atoms with Gasteiger partial charge in [0.1, 0.15) is 0 Å². The summed E-state index contributed by atoms with van der Waals surface area (Å²) in [6, 6.07) is 9.69. The second kappa shape index (κ2) is 4.18. The molecule has 0 bridgehead atoms. The van der Waals surface area contributed by atoms with Gasteiger partial charge < -0.3 is 5.32 Å². The van der Waals surface area contributed by atoms with Gasteiger partial charge in [0, 0.05) is 16.7 Å². The lowest BCUT2D eigenvalue weighted by atomic mass is 9.93. The average molecular weight is 219 g/mol. The Morgan fingerprint density at radius 1 is 1.33 bits per heavy atom. The standard InChI is InChI=1S/C13H17NS/c1-2-6-13-12(5-1)10(9-15-13)8-11-4-3-7-14-11/h1-2,5-6,10-11,14H,3-4,7-9H2. The van der Waals surface area contributed by atoms with Crippen LogP contribution in [-0.2, 0) is 0 Å². The van der Waals surface area contributed by atoms with Gasteiger partial charge in [0.2, 0.25) is 0 Å². The van der Waals surface area contributed by atoms with Crippen LogP contribution < -0.4 is 5.32 Å². The Bertz CT molecular complexity index is 344. The fraction of sp³-hybridized carbons (Fsp3) is 0.538. The maximum atomic E-state index is 3.61. The SMILES string of the molecule is c1ccc2c(c1)SCC2CC1CCCN1. The largest absolute Gasteiger partial charge is 0.314 e. The van der Waals surface area contributed by atoms with Crippen LogP contribution in [0.1, 0.15) is 30.7 Å². The first kappa shape index (κ1) is 9.73. The Morgan fingerprint density at radius 2 is 2.27 bits per heavy atom. The number of benzene rings is 1. The second-order valence-corrected chi connectivity index (χ2v) is 5.64. The van der Waals surface area contributed by atoms with Gasteiger partial charge in [-0.1, -0.05) is 18.2 Å². The van der Waals surface area contributed by atoms with Gasteiger partial charge in [-0.25, -0.2) is 0 Å². The Labute approximate surface area is 95.6 Å². The minimum atomic E-state index is 0.779. The van der Waals surface area contributed by atoms with E-state index >= 15 is 0 Å². The van der Waals surface area contributed by atoms with Crippen LogP contribution in [0.15, 0.2) is 29.2 Å². The third-order valence-electron chi connectivity index (χ3n) is 3.53. The molecule has 0 spiro atoms. The summed E-state index contributed by atoms with van der Waals surface area (Å²) in [6.07, 6.45) is 4.08. The second-order valence-electron chi connectivity index (χ2n) is 4.57. The Morgan fingerprint density at radius 3 is 3.13 bits per heavy atom. The minimum absolute atomic E-state index is 0.779. The molecule has 1 aromatic carbocycles. The fourth-order valence-electron chi connectivity index (χ4n) is 2.73. The van der Waals surface area contributed by atoms with Crippen molar-refractivity contribution in [2.45, 2.75) is 36.1 Å². The van der Waals surface area contributed by atoms with Crippen LogP contribution in [0.5, 0.6) is 0 Å². The summed E-state index contributed by atoms with van der Waals surface area (Å²) in [7, 11) is 0. The van der Waals surface area contributed by atoms with Crippen LogP contribution in [0.2, 0.25) is 0 Å². The molecule has 3 rings (SSSR count). The molecule has 0 saturated carbocycles. The lowest BCUT2D eigenvalue weighted by Gasteiger charge is -2.16. The molecule has 80 valence electrons. The monoisotopic (exact) mass is 219 g/mol. The van der Waals surface area contributed by atoms with E-state index in [0.29, 0.717) is 0 Å². The lowest BCUT2D eigenvalue weighted by molar-refractivity contribution is 0.515. The third-order valence-corrected chi connectivity index (χ3v) is 4.78. The van der Waals surface area contributed by atoms with Gasteiger partial charge in [0.05, 0.1) is 0 Å². The van der Waals surface area contributed by atoms with Crippen molar-refractivity contribution in [1.29, 1.82) is 0 Å². The van der Waals surface area contributed by atoms with Crippen LogP contribution in [0, 0.1) is 0 Å². The molecule has 0 aliphatic carbocycles. The molecule has 1 N–H and O–H groups in total. The van der Waals surface area contributed by atoms with Crippen molar-refractivity contribution in [3.05, 3.63) is 29.8 Å². The van der Waals surface area contributed by atoms with Crippen molar-refractivity contribution in [2.75, 3.05) is 12.3 Å². The first-order valence-corrected chi connectivity index (χ1v) is 6.87. The first-order chi connectivity index (χ1) is 7.43. The van der Waals surface area contributed by atoms with E-state index < -0.39 is 0 Å². The summed E-state index contributed by atoms with van der Waals surface area (Å²) < 4.78 is 0. The number of hydrogen-bond donors (Lipinski definition) is 1. The molecule has 15 heavy (non-hydrogen) atoms. The van der Waals surface area contributed by atoms with E-state index in [1.165, 1.54) is 36.5 Å². The molecule has 2 atom stereocenters. The summed E-state index contributed by atoms with van der Waals surface area (Å²) in [5.74, 6) is 2.08. The van der Waals surface area contributed by atoms with Crippen molar-refractivity contribution < 1.29 is 0 Å². The van der Waals surface area contributed by atoms with Gasteiger partial charge in [-0.3, -0.25) is 0 Å². The molecule has 2 heterocycles. The van der Waals surface area contributed by atoms with E-state index in [2.05, 4.69) is 29.6 Å². The zero-order chi connectivity index (χ0) is 10.1. The smallest absolute Gasteiger partial charge is 0.0107 e. The first-order valence-electron chi connectivity index (χ1n) is 5.88. The van der Waals surface area contributed by atoms with Crippen molar-refractivity contribution in [3.63, 3.8) is 0 Å². The van der Waals surface area contributed by atoms with Crippen molar-refractivity contribution >= 4 is 11.8 Å². The average Bonchev–Trinajstić information content (AvgIpc) is 2.89. The highest BCUT2D eigenvalue weighted by Gasteiger charge is 2.26. The molecular weight excluding hydrogens is 202 g/mol. The molecule has 1 aromatic rings. The molecule has 0 radical (unpaired) electrons. The molecular formula is C13H17NS. The number of rotatable bonds is 2. The zero-order valence-corrected chi connectivity index (χ0v) is 9.72. The molecule has 1 saturated heterocycles. The predicted molar refractivity (Wildman–Crippen MR) is 65.5 cm³/mol. The fourth-order valence-corrected chi connectivity index (χ4v) is 4.00. The topological polar surface area (TPSA) is 12.0 Å². The van der Waals surface area contributed by atoms with Gasteiger partial charge in [0.15, 0.2) is 0 Å². The van der Waals surface area contributed by atoms with Crippen molar-refractivity contribution in [2.24, 2.45) is 0 Å². The molecule has 2 heteroatoms. The molecule has 2 aliphatic rings. The van der Waals surface area contributed by atoms with Crippen LogP contribution in [0.25, 0.3) is 0 Å². The number of hydrogen-bond acceptors (Lipinski definition) is 2. The van der Waals surface area contributed by atoms with E-state index in [4.69, 9.17) is 0 Å². The van der Waals surface area contributed by atoms with Gasteiger partial charge in [0.25, 0.3) is 0 Å². The number of thioether (sulfide) groups is 1. The summed E-state index contributed by atoms with van der Waals surface area (Å²) in [5, 5.41) is 3.61. The van der Waals surface area contributed by atoms with E-state index in [-0.39, 0.29) is 0 Å². The van der Waals surface area contributed by atoms with E-state index in [1.807, 2.05) is 11.8 Å². The molecule has 2 aliphatic heterocycles. The summed E-state index contributed by atoms with van der Waals surface area (Å²) in [6.45, 7) is 1.23. The Hall–Kier alpha value is -0.470. The normalized spacial score (nSPS) is 29.3. The Kier molecular flexibility index (Phi) is 2.72. The molecule has 2 unspecified atom stereocenters. The Balaban J connectivity index is 1.73. The van der Waals surface area contributed by atoms with Gasteiger partial charge in [-0.15, -0.1) is 11.8 Å². The molecule has 1 fully saturated rings. The van der Waals surface area contributed by atoms with Crippen molar-refractivity contribution in [3.8, 4) is 0 Å². The number of nitrogens with one attached hydrogen (secondary N) is 1. The minimum Gasteiger partial charge on any atom is -0.314 e. The van der Waals surface area contributed by atoms with E-state index in [0.717, 1.165) is 12.0 Å². The van der Waals surface area contributed by atoms with Gasteiger partial charge >= 0.3 is 0 Å². The number of fused-ring (bicyclic) bond motifs is 1. The highest BCUT2D eigenvalue weighted by molar-refractivity contribution is 7.99. The maximum Gasteiger partial charge on any atom is 0.0107 e. The molecule has 0 amide bonds. The van der Waals surface area contributed by atoms with E-state index in [9.17, 15) is 0 Å². The van der Waals surface area contributed by atoms with E-state index in [1.54, 1.807) is 5.56 Å². The van der Waals surface area contributed by atoms with Crippen LogP contribution in [-0.4, -0.2) is 18.3 Å². The summed E-state index contributed by atoms with van der Waals surface area (Å²) in [5.41, 5.74) is 1.59. The maximum absolute atomic E-state index is 3.61. The zero-order valence-electron chi connectivity index (χ0n) is 8.91. The van der Waals surface area contributed by atoms with Crippen LogP contribution in [0.4, 0.5) is 0 Å². The quantitative estimate of drug-likeness (QED) is 0.820. The van der Waals surface area contributed by atoms with Gasteiger partial charge in [-0.05, 0) is 43.4 Å². The lowest BCUT2D eigenvalue weighted by Crippen LogP contribution is -2.23. The van der Waals surface area contributed by atoms with Crippen molar-refractivity contribution in [1.82, 2.24) is 5.32 Å². The summed E-state index contributed by atoms with van der Waals surface area (Å²) in [4.78, 5) is 1.51. The van der Waals surface area contributed by atoms with Crippen LogP contribution >= 0.6 is 11.8 Å². The summed E-state index contributed by atoms with van der Waals surface area (Å²) >= 11 is 2.03. The van der Waals surface area contributed by atoms with Crippen LogP contribution in [0.3, 0.4) is 0 Å². The highest BCUT2D eigenvalue weighted by atomic mass is 32.2. The highest BCUT2D eigenvalue weighted by Crippen LogP contribution is 2.41. The third kappa shape index (κ3) is 1.93. The molecule has 1 nitrogen and oxygen atoms in total. The molecule has 0 aromatic heterocycles. The van der Waals surface area contributed by atoms with Gasteiger partial charge in [-0.2, -0.15) is 0 Å².